The van der Waals surface area contributed by atoms with Crippen molar-refractivity contribution in [3.05, 3.63) is 17.7 Å². The number of nitriles is 1. The summed E-state index contributed by atoms with van der Waals surface area (Å²) < 4.78 is 10.4. The summed E-state index contributed by atoms with van der Waals surface area (Å²) in [6.45, 7) is 4.52. The fraction of sp³-hybridized carbons (Fsp3) is 0.500. The molecule has 1 aliphatic rings. The lowest BCUT2D eigenvalue weighted by Crippen LogP contribution is -3.27. The van der Waals surface area contributed by atoms with Gasteiger partial charge in [-0.2, -0.15) is 5.26 Å². The Balaban J connectivity index is 2.06. The number of piperazine rings is 1. The highest BCUT2D eigenvalue weighted by Crippen LogP contribution is 2.32. The average molecular weight is 320 g/mol. The minimum absolute atomic E-state index is 0.0942. The van der Waals surface area contributed by atoms with E-state index in [4.69, 9.17) is 9.47 Å². The van der Waals surface area contributed by atoms with Crippen LogP contribution in [0.25, 0.3) is 0 Å². The van der Waals surface area contributed by atoms with E-state index in [9.17, 15) is 10.1 Å². The first-order valence-corrected chi connectivity index (χ1v) is 7.68. The summed E-state index contributed by atoms with van der Waals surface area (Å²) in [6.07, 6.45) is 0. The van der Waals surface area contributed by atoms with Gasteiger partial charge in [-0.15, -0.1) is 0 Å². The molecule has 0 radical (unpaired) electrons. The third-order valence-corrected chi connectivity index (χ3v) is 4.14. The van der Waals surface area contributed by atoms with Crippen LogP contribution in [0.2, 0.25) is 0 Å². The van der Waals surface area contributed by atoms with Gasteiger partial charge in [-0.1, -0.05) is 0 Å². The average Bonchev–Trinajstić information content (AvgIpc) is 2.56. The Morgan fingerprint density at radius 3 is 2.39 bits per heavy atom. The van der Waals surface area contributed by atoms with Crippen molar-refractivity contribution in [1.82, 2.24) is 0 Å². The summed E-state index contributed by atoms with van der Waals surface area (Å²) in [5.41, 5.74) is 0.808. The number of rotatable bonds is 5. The standard InChI is InChI=1S/C16H22N4O3/c1-19-4-6-20(7-5-19)11-16(21)18-13-9-15(23-3)14(22-2)8-12(13)10-17/h8-9H,4-7,11H2,1-3H3,(H,18,21)/p+2. The van der Waals surface area contributed by atoms with E-state index in [1.54, 1.807) is 12.1 Å². The Labute approximate surface area is 136 Å². The van der Waals surface area contributed by atoms with Gasteiger partial charge in [0.05, 0.1) is 32.5 Å². The molecule has 2 rings (SSSR count). The van der Waals surface area contributed by atoms with Crippen LogP contribution >= 0.6 is 0 Å². The quantitative estimate of drug-likeness (QED) is 0.582. The Morgan fingerprint density at radius 1 is 1.22 bits per heavy atom. The fourth-order valence-corrected chi connectivity index (χ4v) is 2.70. The predicted octanol–water partition coefficient (Wildman–Crippen LogP) is -2.07. The highest BCUT2D eigenvalue weighted by molar-refractivity contribution is 5.93. The van der Waals surface area contributed by atoms with Gasteiger partial charge in [0.25, 0.3) is 5.91 Å². The molecule has 1 fully saturated rings. The molecular weight excluding hydrogens is 296 g/mol. The second-order valence-electron chi connectivity index (χ2n) is 5.80. The lowest BCUT2D eigenvalue weighted by atomic mass is 10.1. The monoisotopic (exact) mass is 320 g/mol. The van der Waals surface area contributed by atoms with Gasteiger partial charge in [0, 0.05) is 12.1 Å². The molecule has 1 saturated heterocycles. The van der Waals surface area contributed by atoms with Crippen LogP contribution in [0.5, 0.6) is 11.5 Å². The summed E-state index contributed by atoms with van der Waals surface area (Å²) in [7, 11) is 5.20. The molecule has 0 bridgehead atoms. The molecule has 3 N–H and O–H groups in total. The largest absolute Gasteiger partial charge is 0.493 e. The molecule has 1 aromatic carbocycles. The van der Waals surface area contributed by atoms with Gasteiger partial charge in [-0.05, 0) is 0 Å². The minimum Gasteiger partial charge on any atom is -0.493 e. The van der Waals surface area contributed by atoms with Gasteiger partial charge >= 0.3 is 0 Å². The Morgan fingerprint density at radius 2 is 1.83 bits per heavy atom. The zero-order valence-corrected chi connectivity index (χ0v) is 13.9. The molecule has 7 heteroatoms. The first kappa shape index (κ1) is 17.1. The molecule has 0 aliphatic carbocycles. The third kappa shape index (κ3) is 4.34. The molecule has 23 heavy (non-hydrogen) atoms. The van der Waals surface area contributed by atoms with E-state index in [0.29, 0.717) is 29.3 Å². The van der Waals surface area contributed by atoms with Crippen molar-refractivity contribution in [3.63, 3.8) is 0 Å². The van der Waals surface area contributed by atoms with Gasteiger partial charge in [0.2, 0.25) is 0 Å². The zero-order valence-electron chi connectivity index (χ0n) is 13.9. The number of anilines is 1. The van der Waals surface area contributed by atoms with Crippen molar-refractivity contribution in [2.45, 2.75) is 0 Å². The van der Waals surface area contributed by atoms with E-state index in [-0.39, 0.29) is 5.91 Å². The van der Waals surface area contributed by atoms with E-state index < -0.39 is 0 Å². The fourth-order valence-electron chi connectivity index (χ4n) is 2.70. The molecule has 1 aromatic rings. The number of amides is 1. The summed E-state index contributed by atoms with van der Waals surface area (Å²) in [4.78, 5) is 15.0. The molecule has 0 unspecified atom stereocenters. The third-order valence-electron chi connectivity index (χ3n) is 4.14. The second-order valence-corrected chi connectivity index (χ2v) is 5.80. The number of likely N-dealkylation sites (N-methyl/N-ethyl adjacent to an activating group) is 1. The highest BCUT2D eigenvalue weighted by Gasteiger charge is 2.23. The summed E-state index contributed by atoms with van der Waals surface area (Å²) in [6, 6.07) is 5.27. The number of benzene rings is 1. The van der Waals surface area contributed by atoms with E-state index in [0.717, 1.165) is 26.2 Å². The molecule has 0 aromatic heterocycles. The number of carbonyl (C=O) groups is 1. The molecule has 0 atom stereocenters. The van der Waals surface area contributed by atoms with Crippen LogP contribution in [-0.4, -0.2) is 59.9 Å². The normalized spacial score (nSPS) is 20.4. The van der Waals surface area contributed by atoms with Gasteiger partial charge < -0.3 is 24.6 Å². The Kier molecular flexibility index (Phi) is 5.79. The molecule has 124 valence electrons. The number of quaternary nitrogens is 2. The summed E-state index contributed by atoms with van der Waals surface area (Å²) in [5.74, 6) is 0.857. The molecule has 1 heterocycles. The minimum atomic E-state index is -0.0942. The topological polar surface area (TPSA) is 80.2 Å². The molecule has 0 spiro atoms. The number of ether oxygens (including phenoxy) is 2. The van der Waals surface area contributed by atoms with Gasteiger partial charge in [-0.25, -0.2) is 0 Å². The maximum Gasteiger partial charge on any atom is 0.279 e. The summed E-state index contributed by atoms with van der Waals surface area (Å²) >= 11 is 0. The number of nitrogens with one attached hydrogen (secondary N) is 3. The van der Waals surface area contributed by atoms with E-state index in [1.807, 2.05) is 0 Å². The van der Waals surface area contributed by atoms with Crippen LogP contribution in [0.4, 0.5) is 5.69 Å². The zero-order chi connectivity index (χ0) is 16.8. The lowest BCUT2D eigenvalue weighted by molar-refractivity contribution is -0.999. The van der Waals surface area contributed by atoms with Crippen molar-refractivity contribution in [3.8, 4) is 17.6 Å². The van der Waals surface area contributed by atoms with Crippen LogP contribution < -0.4 is 24.6 Å². The molecule has 0 saturated carbocycles. The SMILES string of the molecule is COc1cc(C#N)c(NC(=O)C[NH+]2CC[NH+](C)CC2)cc1OC. The predicted molar refractivity (Wildman–Crippen MR) is 85.1 cm³/mol. The lowest BCUT2D eigenvalue weighted by Gasteiger charge is -2.26. The van der Waals surface area contributed by atoms with Crippen LogP contribution in [-0.2, 0) is 4.79 Å². The van der Waals surface area contributed by atoms with E-state index in [2.05, 4.69) is 18.4 Å². The molecule has 7 nitrogen and oxygen atoms in total. The number of hydrogen-bond acceptors (Lipinski definition) is 4. The van der Waals surface area contributed by atoms with Crippen molar-refractivity contribution >= 4 is 11.6 Å². The maximum absolute atomic E-state index is 12.3. The van der Waals surface area contributed by atoms with Gasteiger partial charge in [0.1, 0.15) is 32.2 Å². The van der Waals surface area contributed by atoms with Crippen LogP contribution in [0.15, 0.2) is 12.1 Å². The van der Waals surface area contributed by atoms with Crippen LogP contribution in [0.1, 0.15) is 5.56 Å². The van der Waals surface area contributed by atoms with E-state index in [1.165, 1.54) is 24.0 Å². The van der Waals surface area contributed by atoms with Gasteiger partial charge in [0.15, 0.2) is 18.0 Å². The van der Waals surface area contributed by atoms with Crippen molar-refractivity contribution < 1.29 is 24.1 Å². The highest BCUT2D eigenvalue weighted by atomic mass is 16.5. The number of hydrogen-bond donors (Lipinski definition) is 3. The number of nitrogens with zero attached hydrogens (tertiary/aromatic N) is 1. The Hall–Kier alpha value is -2.30. The van der Waals surface area contributed by atoms with Crippen LogP contribution in [0.3, 0.4) is 0 Å². The summed E-state index contributed by atoms with van der Waals surface area (Å²) in [5, 5.41) is 12.1. The maximum atomic E-state index is 12.3. The van der Waals surface area contributed by atoms with Crippen molar-refractivity contribution in [2.75, 3.05) is 59.3 Å². The van der Waals surface area contributed by atoms with Gasteiger partial charge in [-0.3, -0.25) is 4.79 Å². The number of methoxy groups -OCH3 is 2. The van der Waals surface area contributed by atoms with Crippen molar-refractivity contribution in [1.29, 1.82) is 5.26 Å². The van der Waals surface area contributed by atoms with Crippen molar-refractivity contribution in [2.24, 2.45) is 0 Å². The van der Waals surface area contributed by atoms with E-state index >= 15 is 0 Å². The number of carbonyl (C=O) groups excluding carboxylic acids is 1. The molecule has 1 aliphatic heterocycles. The molecule has 1 amide bonds. The Bertz CT molecular complexity index is 604. The first-order chi connectivity index (χ1) is 11.1. The molecular formula is C16H24N4O3+2. The smallest absolute Gasteiger partial charge is 0.279 e. The first-order valence-electron chi connectivity index (χ1n) is 7.68. The second kappa shape index (κ2) is 7.81. The van der Waals surface area contributed by atoms with Crippen LogP contribution in [0, 0.1) is 11.3 Å².